The molecule has 2 heterocycles. The van der Waals surface area contributed by atoms with Gasteiger partial charge in [-0.1, -0.05) is 18.2 Å². The fourth-order valence-corrected chi connectivity index (χ4v) is 2.59. The summed E-state index contributed by atoms with van der Waals surface area (Å²) in [7, 11) is 0. The summed E-state index contributed by atoms with van der Waals surface area (Å²) in [5.74, 6) is 0. The second-order valence-electron chi connectivity index (χ2n) is 5.14. The lowest BCUT2D eigenvalue weighted by Gasteiger charge is -2.35. The number of piperazine rings is 1. The van der Waals surface area contributed by atoms with E-state index >= 15 is 0 Å². The maximum absolute atomic E-state index is 4.31. The van der Waals surface area contributed by atoms with E-state index in [4.69, 9.17) is 0 Å². The number of para-hydroxylation sites is 1. The smallest absolute Gasteiger partial charge is 0.0765 e. The Morgan fingerprint density at radius 3 is 2.47 bits per heavy atom. The molecule has 0 aliphatic carbocycles. The number of aryl methyl sites for hydroxylation is 1. The fourth-order valence-electron chi connectivity index (χ4n) is 2.59. The van der Waals surface area contributed by atoms with E-state index in [1.165, 1.54) is 5.69 Å². The number of anilines is 1. The molecule has 0 spiro atoms. The zero-order chi connectivity index (χ0) is 13.1. The molecule has 1 N–H and O–H groups in total. The number of hydrogen-bond donors (Lipinski definition) is 1. The van der Waals surface area contributed by atoms with E-state index in [0.29, 0.717) is 0 Å². The van der Waals surface area contributed by atoms with Gasteiger partial charge in [-0.2, -0.15) is 5.10 Å². The van der Waals surface area contributed by atoms with Crippen molar-refractivity contribution in [2.75, 3.05) is 31.1 Å². The summed E-state index contributed by atoms with van der Waals surface area (Å²) in [4.78, 5) is 4.92. The molecule has 1 aromatic heterocycles. The Balaban J connectivity index is 1.55. The number of aromatic nitrogens is 2. The maximum Gasteiger partial charge on any atom is 0.0765 e. The van der Waals surface area contributed by atoms with Gasteiger partial charge in [-0.3, -0.25) is 10.00 Å². The van der Waals surface area contributed by atoms with Crippen LogP contribution in [-0.2, 0) is 6.54 Å². The molecule has 1 fully saturated rings. The van der Waals surface area contributed by atoms with E-state index in [1.807, 2.05) is 6.92 Å². The lowest BCUT2D eigenvalue weighted by molar-refractivity contribution is 0.247. The van der Waals surface area contributed by atoms with Crippen LogP contribution in [0.1, 0.15) is 11.4 Å². The molecule has 4 heteroatoms. The Kier molecular flexibility index (Phi) is 3.51. The van der Waals surface area contributed by atoms with Crippen LogP contribution in [0.2, 0.25) is 0 Å². The quantitative estimate of drug-likeness (QED) is 0.912. The molecule has 0 saturated carbocycles. The zero-order valence-electron chi connectivity index (χ0n) is 11.3. The molecule has 4 nitrogen and oxygen atoms in total. The molecule has 19 heavy (non-hydrogen) atoms. The van der Waals surface area contributed by atoms with Gasteiger partial charge in [0.05, 0.1) is 5.69 Å². The Morgan fingerprint density at radius 2 is 1.84 bits per heavy atom. The molecule has 2 aromatic rings. The van der Waals surface area contributed by atoms with Crippen LogP contribution in [0.15, 0.2) is 36.4 Å². The normalized spacial score (nSPS) is 16.8. The summed E-state index contributed by atoms with van der Waals surface area (Å²) in [6, 6.07) is 12.8. The molecular weight excluding hydrogens is 236 g/mol. The highest BCUT2D eigenvalue weighted by Crippen LogP contribution is 2.16. The first-order valence-electron chi connectivity index (χ1n) is 6.84. The van der Waals surface area contributed by atoms with Crippen LogP contribution in [0, 0.1) is 6.92 Å². The SMILES string of the molecule is Cc1cc(CN2CCN(c3ccccc3)CC2)n[nH]1. The van der Waals surface area contributed by atoms with Crippen molar-refractivity contribution in [1.82, 2.24) is 15.1 Å². The highest BCUT2D eigenvalue weighted by molar-refractivity contribution is 5.46. The summed E-state index contributed by atoms with van der Waals surface area (Å²) in [6.07, 6.45) is 0. The Morgan fingerprint density at radius 1 is 1.11 bits per heavy atom. The van der Waals surface area contributed by atoms with Crippen LogP contribution in [0.4, 0.5) is 5.69 Å². The molecule has 0 radical (unpaired) electrons. The number of aromatic amines is 1. The van der Waals surface area contributed by atoms with Crippen molar-refractivity contribution in [1.29, 1.82) is 0 Å². The molecule has 1 saturated heterocycles. The Labute approximate surface area is 114 Å². The van der Waals surface area contributed by atoms with E-state index < -0.39 is 0 Å². The summed E-state index contributed by atoms with van der Waals surface area (Å²) in [5, 5.41) is 7.31. The van der Waals surface area contributed by atoms with Gasteiger partial charge in [0.1, 0.15) is 0 Å². The summed E-state index contributed by atoms with van der Waals surface area (Å²) < 4.78 is 0. The first-order valence-corrected chi connectivity index (χ1v) is 6.84. The number of hydrogen-bond acceptors (Lipinski definition) is 3. The van der Waals surface area contributed by atoms with Gasteiger partial charge in [-0.25, -0.2) is 0 Å². The minimum absolute atomic E-state index is 0.951. The number of H-pyrrole nitrogens is 1. The average molecular weight is 256 g/mol. The molecule has 100 valence electrons. The number of nitrogens with zero attached hydrogens (tertiary/aromatic N) is 3. The van der Waals surface area contributed by atoms with Crippen LogP contribution in [0.5, 0.6) is 0 Å². The van der Waals surface area contributed by atoms with E-state index in [9.17, 15) is 0 Å². The van der Waals surface area contributed by atoms with E-state index in [0.717, 1.165) is 44.1 Å². The summed E-state index contributed by atoms with van der Waals surface area (Å²) in [5.41, 5.74) is 3.61. The number of benzene rings is 1. The topological polar surface area (TPSA) is 35.2 Å². The van der Waals surface area contributed by atoms with E-state index in [-0.39, 0.29) is 0 Å². The molecule has 0 atom stereocenters. The standard InChI is InChI=1S/C15H20N4/c1-13-11-14(17-16-13)12-18-7-9-19(10-8-18)15-5-3-2-4-6-15/h2-6,11H,7-10,12H2,1H3,(H,16,17). The Bertz CT molecular complexity index is 512. The van der Waals surface area contributed by atoms with Gasteiger partial charge in [0.2, 0.25) is 0 Å². The third-order valence-corrected chi connectivity index (χ3v) is 3.64. The van der Waals surface area contributed by atoms with Gasteiger partial charge in [0.15, 0.2) is 0 Å². The van der Waals surface area contributed by atoms with Crippen molar-refractivity contribution >= 4 is 5.69 Å². The first kappa shape index (κ1) is 12.2. The summed E-state index contributed by atoms with van der Waals surface area (Å²) >= 11 is 0. The molecule has 3 rings (SSSR count). The molecule has 0 unspecified atom stereocenters. The van der Waals surface area contributed by atoms with Gasteiger partial charge in [0.25, 0.3) is 0 Å². The zero-order valence-corrected chi connectivity index (χ0v) is 11.3. The second kappa shape index (κ2) is 5.45. The molecule has 1 aliphatic rings. The molecule has 0 amide bonds. The van der Waals surface area contributed by atoms with E-state index in [1.54, 1.807) is 0 Å². The van der Waals surface area contributed by atoms with Crippen LogP contribution in [-0.4, -0.2) is 41.3 Å². The molecule has 1 aromatic carbocycles. The van der Waals surface area contributed by atoms with Crippen molar-refractivity contribution in [3.63, 3.8) is 0 Å². The number of nitrogens with one attached hydrogen (secondary N) is 1. The highest BCUT2D eigenvalue weighted by atomic mass is 15.3. The highest BCUT2D eigenvalue weighted by Gasteiger charge is 2.17. The van der Waals surface area contributed by atoms with Crippen molar-refractivity contribution in [3.05, 3.63) is 47.8 Å². The molecule has 0 bridgehead atoms. The van der Waals surface area contributed by atoms with Gasteiger partial charge in [-0.05, 0) is 25.1 Å². The van der Waals surface area contributed by atoms with Gasteiger partial charge in [-0.15, -0.1) is 0 Å². The molecule has 1 aliphatic heterocycles. The van der Waals surface area contributed by atoms with Crippen LogP contribution in [0.3, 0.4) is 0 Å². The summed E-state index contributed by atoms with van der Waals surface area (Å²) in [6.45, 7) is 7.37. The van der Waals surface area contributed by atoms with Gasteiger partial charge in [0, 0.05) is 44.1 Å². The maximum atomic E-state index is 4.31. The van der Waals surface area contributed by atoms with Crippen LogP contribution >= 0.6 is 0 Å². The molecular formula is C15H20N4. The van der Waals surface area contributed by atoms with E-state index in [2.05, 4.69) is 56.4 Å². The monoisotopic (exact) mass is 256 g/mol. The minimum atomic E-state index is 0.951. The van der Waals surface area contributed by atoms with Gasteiger partial charge >= 0.3 is 0 Å². The largest absolute Gasteiger partial charge is 0.369 e. The third-order valence-electron chi connectivity index (χ3n) is 3.64. The predicted octanol–water partition coefficient (Wildman–Crippen LogP) is 2.04. The lowest BCUT2D eigenvalue weighted by atomic mass is 10.2. The minimum Gasteiger partial charge on any atom is -0.369 e. The third kappa shape index (κ3) is 2.96. The van der Waals surface area contributed by atoms with Gasteiger partial charge < -0.3 is 4.90 Å². The Hall–Kier alpha value is -1.81. The van der Waals surface area contributed by atoms with Crippen LogP contribution < -0.4 is 4.90 Å². The average Bonchev–Trinajstić information content (AvgIpc) is 2.86. The second-order valence-corrected chi connectivity index (χ2v) is 5.14. The van der Waals surface area contributed by atoms with Crippen molar-refractivity contribution in [2.24, 2.45) is 0 Å². The first-order chi connectivity index (χ1) is 9.31. The van der Waals surface area contributed by atoms with Crippen LogP contribution in [0.25, 0.3) is 0 Å². The van der Waals surface area contributed by atoms with Crippen molar-refractivity contribution < 1.29 is 0 Å². The van der Waals surface area contributed by atoms with Crippen molar-refractivity contribution in [2.45, 2.75) is 13.5 Å². The lowest BCUT2D eigenvalue weighted by Crippen LogP contribution is -2.46. The number of rotatable bonds is 3. The predicted molar refractivity (Wildman–Crippen MR) is 77.3 cm³/mol. The van der Waals surface area contributed by atoms with Crippen molar-refractivity contribution in [3.8, 4) is 0 Å². The fraction of sp³-hybridized carbons (Fsp3) is 0.400.